The van der Waals surface area contributed by atoms with Crippen LogP contribution >= 0.6 is 0 Å². The highest BCUT2D eigenvalue weighted by molar-refractivity contribution is 5.74. The third-order valence-corrected chi connectivity index (χ3v) is 2.08. The van der Waals surface area contributed by atoms with E-state index in [2.05, 4.69) is 11.4 Å². The first-order valence-electron chi connectivity index (χ1n) is 5.28. The molecular formula is C12H15N3O2. The maximum atomic E-state index is 10.4. The maximum absolute atomic E-state index is 10.4. The SMILES string of the molecule is N#Cc1ccc(CNCCOCC(N)=O)cc1. The van der Waals surface area contributed by atoms with E-state index in [-0.39, 0.29) is 6.61 Å². The average Bonchev–Trinajstić information content (AvgIpc) is 2.34. The molecule has 1 rings (SSSR count). The predicted octanol–water partition coefficient (Wildman–Crippen LogP) is 0.150. The van der Waals surface area contributed by atoms with Crippen LogP contribution < -0.4 is 11.1 Å². The Morgan fingerprint density at radius 2 is 2.12 bits per heavy atom. The molecule has 5 nitrogen and oxygen atoms in total. The summed E-state index contributed by atoms with van der Waals surface area (Å²) in [4.78, 5) is 10.4. The largest absolute Gasteiger partial charge is 0.370 e. The van der Waals surface area contributed by atoms with Crippen LogP contribution in [0, 0.1) is 11.3 Å². The lowest BCUT2D eigenvalue weighted by atomic mass is 10.1. The summed E-state index contributed by atoms with van der Waals surface area (Å²) in [6, 6.07) is 9.42. The van der Waals surface area contributed by atoms with Crippen LogP contribution in [0.25, 0.3) is 0 Å². The number of ether oxygens (including phenoxy) is 1. The van der Waals surface area contributed by atoms with E-state index in [9.17, 15) is 4.79 Å². The monoisotopic (exact) mass is 233 g/mol. The van der Waals surface area contributed by atoms with Gasteiger partial charge in [0.25, 0.3) is 0 Å². The number of hydrogen-bond acceptors (Lipinski definition) is 4. The Hall–Kier alpha value is -1.90. The number of nitrogens with zero attached hydrogens (tertiary/aromatic N) is 1. The zero-order chi connectivity index (χ0) is 12.5. The Kier molecular flexibility index (Phi) is 5.72. The molecule has 0 heterocycles. The minimum Gasteiger partial charge on any atom is -0.370 e. The topological polar surface area (TPSA) is 88.1 Å². The molecule has 1 aromatic rings. The minimum absolute atomic E-state index is 0.0431. The number of primary amides is 1. The number of carbonyl (C=O) groups excluding carboxylic acids is 1. The molecule has 90 valence electrons. The van der Waals surface area contributed by atoms with Crippen molar-refractivity contribution in [3.63, 3.8) is 0 Å². The summed E-state index contributed by atoms with van der Waals surface area (Å²) in [7, 11) is 0. The molecule has 0 aliphatic carbocycles. The lowest BCUT2D eigenvalue weighted by Gasteiger charge is -2.05. The summed E-state index contributed by atoms with van der Waals surface area (Å²) in [6.45, 7) is 1.75. The van der Waals surface area contributed by atoms with E-state index < -0.39 is 5.91 Å². The standard InChI is InChI=1S/C12H15N3O2/c13-7-10-1-3-11(4-2-10)8-15-5-6-17-9-12(14)16/h1-4,15H,5-6,8-9H2,(H2,14,16). The number of nitriles is 1. The number of rotatable bonds is 7. The van der Waals surface area contributed by atoms with Crippen molar-refractivity contribution in [1.82, 2.24) is 5.32 Å². The third-order valence-electron chi connectivity index (χ3n) is 2.08. The molecule has 0 bridgehead atoms. The minimum atomic E-state index is -0.461. The predicted molar refractivity (Wildman–Crippen MR) is 62.9 cm³/mol. The number of nitrogens with two attached hydrogens (primary N) is 1. The number of nitrogens with one attached hydrogen (secondary N) is 1. The Morgan fingerprint density at radius 3 is 2.71 bits per heavy atom. The van der Waals surface area contributed by atoms with Crippen LogP contribution in [0.1, 0.15) is 11.1 Å². The van der Waals surface area contributed by atoms with Gasteiger partial charge < -0.3 is 15.8 Å². The van der Waals surface area contributed by atoms with Crippen LogP contribution in [0.15, 0.2) is 24.3 Å². The Balaban J connectivity index is 2.14. The molecule has 1 amide bonds. The van der Waals surface area contributed by atoms with Gasteiger partial charge in [-0.2, -0.15) is 5.26 Å². The first-order valence-corrected chi connectivity index (χ1v) is 5.28. The van der Waals surface area contributed by atoms with Crippen LogP contribution in [0.2, 0.25) is 0 Å². The van der Waals surface area contributed by atoms with E-state index in [0.717, 1.165) is 5.56 Å². The van der Waals surface area contributed by atoms with Gasteiger partial charge in [0.2, 0.25) is 5.91 Å². The lowest BCUT2D eigenvalue weighted by molar-refractivity contribution is -0.122. The Bertz CT molecular complexity index is 395. The molecule has 3 N–H and O–H groups in total. The van der Waals surface area contributed by atoms with Crippen molar-refractivity contribution in [3.05, 3.63) is 35.4 Å². The van der Waals surface area contributed by atoms with Gasteiger partial charge in [-0.1, -0.05) is 12.1 Å². The van der Waals surface area contributed by atoms with E-state index >= 15 is 0 Å². The third kappa shape index (κ3) is 5.66. The van der Waals surface area contributed by atoms with Gasteiger partial charge in [-0.15, -0.1) is 0 Å². The summed E-state index contributed by atoms with van der Waals surface area (Å²) in [5.74, 6) is -0.461. The van der Waals surface area contributed by atoms with Gasteiger partial charge in [0, 0.05) is 13.1 Å². The molecule has 0 spiro atoms. The van der Waals surface area contributed by atoms with E-state index in [1.807, 2.05) is 12.1 Å². The van der Waals surface area contributed by atoms with Crippen LogP contribution in [-0.4, -0.2) is 25.7 Å². The second-order valence-electron chi connectivity index (χ2n) is 3.50. The smallest absolute Gasteiger partial charge is 0.243 e. The molecule has 1 aromatic carbocycles. The highest BCUT2D eigenvalue weighted by Gasteiger charge is 1.95. The summed E-state index contributed by atoms with van der Waals surface area (Å²) in [5.41, 5.74) is 6.66. The zero-order valence-electron chi connectivity index (χ0n) is 9.48. The fraction of sp³-hybridized carbons (Fsp3) is 0.333. The van der Waals surface area contributed by atoms with Gasteiger partial charge in [0.15, 0.2) is 0 Å². The first-order chi connectivity index (χ1) is 8.22. The van der Waals surface area contributed by atoms with Crippen molar-refractivity contribution >= 4 is 5.91 Å². The summed E-state index contributed by atoms with van der Waals surface area (Å²) in [6.07, 6.45) is 0. The number of benzene rings is 1. The maximum Gasteiger partial charge on any atom is 0.243 e. The summed E-state index contributed by atoms with van der Waals surface area (Å²) < 4.78 is 4.99. The molecule has 0 radical (unpaired) electrons. The molecule has 0 saturated carbocycles. The van der Waals surface area contributed by atoms with Crippen molar-refractivity contribution in [2.45, 2.75) is 6.54 Å². The molecular weight excluding hydrogens is 218 g/mol. The summed E-state index contributed by atoms with van der Waals surface area (Å²) in [5, 5.41) is 11.8. The normalized spacial score (nSPS) is 9.82. The first kappa shape index (κ1) is 13.2. The number of hydrogen-bond donors (Lipinski definition) is 2. The average molecular weight is 233 g/mol. The Morgan fingerprint density at radius 1 is 1.41 bits per heavy atom. The van der Waals surface area contributed by atoms with Crippen LogP contribution in [0.4, 0.5) is 0 Å². The quantitative estimate of drug-likeness (QED) is 0.656. The molecule has 0 fully saturated rings. The molecule has 0 aliphatic rings. The van der Waals surface area contributed by atoms with Crippen molar-refractivity contribution in [2.24, 2.45) is 5.73 Å². The van der Waals surface area contributed by atoms with E-state index in [1.54, 1.807) is 12.1 Å². The highest BCUT2D eigenvalue weighted by Crippen LogP contribution is 2.02. The second kappa shape index (κ2) is 7.39. The lowest BCUT2D eigenvalue weighted by Crippen LogP contribution is -2.23. The fourth-order valence-corrected chi connectivity index (χ4v) is 1.25. The summed E-state index contributed by atoms with van der Waals surface area (Å²) >= 11 is 0. The van der Waals surface area contributed by atoms with Crippen molar-refractivity contribution < 1.29 is 9.53 Å². The molecule has 5 heteroatoms. The number of carbonyl (C=O) groups is 1. The van der Waals surface area contributed by atoms with E-state index in [1.165, 1.54) is 0 Å². The molecule has 0 aliphatic heterocycles. The highest BCUT2D eigenvalue weighted by atomic mass is 16.5. The van der Waals surface area contributed by atoms with Crippen molar-refractivity contribution in [3.8, 4) is 6.07 Å². The molecule has 17 heavy (non-hydrogen) atoms. The van der Waals surface area contributed by atoms with Gasteiger partial charge in [-0.25, -0.2) is 0 Å². The van der Waals surface area contributed by atoms with Gasteiger partial charge in [0.1, 0.15) is 6.61 Å². The fourth-order valence-electron chi connectivity index (χ4n) is 1.25. The molecule has 0 atom stereocenters. The Labute approximate surface area is 100 Å². The zero-order valence-corrected chi connectivity index (χ0v) is 9.48. The molecule has 0 unspecified atom stereocenters. The van der Waals surface area contributed by atoms with Crippen molar-refractivity contribution in [2.75, 3.05) is 19.8 Å². The molecule has 0 saturated heterocycles. The van der Waals surface area contributed by atoms with Crippen LogP contribution in [-0.2, 0) is 16.1 Å². The van der Waals surface area contributed by atoms with E-state index in [4.69, 9.17) is 15.7 Å². The van der Waals surface area contributed by atoms with Gasteiger partial charge in [-0.3, -0.25) is 4.79 Å². The van der Waals surface area contributed by atoms with E-state index in [0.29, 0.717) is 25.3 Å². The van der Waals surface area contributed by atoms with Gasteiger partial charge in [0.05, 0.1) is 18.2 Å². The molecule has 0 aromatic heterocycles. The second-order valence-corrected chi connectivity index (χ2v) is 3.50. The van der Waals surface area contributed by atoms with Gasteiger partial charge >= 0.3 is 0 Å². The van der Waals surface area contributed by atoms with Crippen LogP contribution in [0.3, 0.4) is 0 Å². The van der Waals surface area contributed by atoms with Gasteiger partial charge in [-0.05, 0) is 17.7 Å². The number of amides is 1. The van der Waals surface area contributed by atoms with Crippen molar-refractivity contribution in [1.29, 1.82) is 5.26 Å². The van der Waals surface area contributed by atoms with Crippen LogP contribution in [0.5, 0.6) is 0 Å².